The van der Waals surface area contributed by atoms with E-state index >= 15 is 0 Å². The van der Waals surface area contributed by atoms with E-state index in [-0.39, 0.29) is 4.90 Å². The largest absolute Gasteiger partial charge is 0.311 e. The number of hydrogen-bond acceptors (Lipinski definition) is 4. The van der Waals surface area contributed by atoms with Gasteiger partial charge < -0.3 is 4.57 Å². The normalized spacial score (nSPS) is 14.3. The van der Waals surface area contributed by atoms with Gasteiger partial charge in [0.15, 0.2) is 5.82 Å². The summed E-state index contributed by atoms with van der Waals surface area (Å²) in [7, 11) is -3.72. The zero-order chi connectivity index (χ0) is 20.6. The fourth-order valence-corrected chi connectivity index (χ4v) is 5.23. The number of fused-ring (bicyclic) bond motifs is 1. The predicted octanol–water partition coefficient (Wildman–Crippen LogP) is 4.74. The van der Waals surface area contributed by atoms with Crippen LogP contribution in [0.25, 0.3) is 11.4 Å². The molecule has 2 aromatic carbocycles. The third-order valence-electron chi connectivity index (χ3n) is 5.20. The Balaban J connectivity index is 1.71. The maximum atomic E-state index is 13.0. The van der Waals surface area contributed by atoms with Crippen molar-refractivity contribution in [1.82, 2.24) is 14.8 Å². The molecule has 0 spiro atoms. The van der Waals surface area contributed by atoms with Crippen molar-refractivity contribution in [2.24, 2.45) is 0 Å². The minimum atomic E-state index is -3.72. The number of aryl methyl sites for hydroxylation is 3. The number of nitrogens with zero attached hydrogens (tertiary/aromatic N) is 3. The van der Waals surface area contributed by atoms with Crippen LogP contribution in [0.1, 0.15) is 36.2 Å². The SMILES string of the molecule is Cc1ccc(C)c(S(=O)(=O)Nc2ccc(Cl)c(-c3nnc4n3CCCCC4)c2)c1. The van der Waals surface area contributed by atoms with Crippen molar-refractivity contribution in [3.05, 3.63) is 58.4 Å². The maximum Gasteiger partial charge on any atom is 0.262 e. The van der Waals surface area contributed by atoms with Gasteiger partial charge in [-0.2, -0.15) is 0 Å². The lowest BCUT2D eigenvalue weighted by Crippen LogP contribution is -2.14. The quantitative estimate of drug-likeness (QED) is 0.648. The monoisotopic (exact) mass is 430 g/mol. The molecule has 4 rings (SSSR count). The summed E-state index contributed by atoms with van der Waals surface area (Å²) in [6, 6.07) is 10.5. The molecule has 0 aliphatic carbocycles. The summed E-state index contributed by atoms with van der Waals surface area (Å²) in [4.78, 5) is 0.269. The highest BCUT2D eigenvalue weighted by molar-refractivity contribution is 7.92. The van der Waals surface area contributed by atoms with Crippen LogP contribution in [0.3, 0.4) is 0 Å². The second kappa shape index (κ2) is 7.80. The van der Waals surface area contributed by atoms with Crippen molar-refractivity contribution in [3.63, 3.8) is 0 Å². The fourth-order valence-electron chi connectivity index (χ4n) is 3.65. The van der Waals surface area contributed by atoms with Crippen LogP contribution in [-0.4, -0.2) is 23.2 Å². The van der Waals surface area contributed by atoms with E-state index in [1.165, 1.54) is 0 Å². The van der Waals surface area contributed by atoms with Crippen LogP contribution in [-0.2, 0) is 23.0 Å². The molecule has 1 aliphatic heterocycles. The van der Waals surface area contributed by atoms with Gasteiger partial charge >= 0.3 is 0 Å². The Labute approximate surface area is 176 Å². The van der Waals surface area contributed by atoms with Crippen molar-refractivity contribution in [1.29, 1.82) is 0 Å². The Morgan fingerprint density at radius 3 is 2.69 bits per heavy atom. The van der Waals surface area contributed by atoms with Crippen LogP contribution in [0.2, 0.25) is 5.02 Å². The number of aromatic nitrogens is 3. The van der Waals surface area contributed by atoms with E-state index in [0.717, 1.165) is 43.6 Å². The van der Waals surface area contributed by atoms with Crippen LogP contribution >= 0.6 is 11.6 Å². The Bertz CT molecular complexity index is 1170. The topological polar surface area (TPSA) is 76.9 Å². The first-order chi connectivity index (χ1) is 13.8. The number of hydrogen-bond donors (Lipinski definition) is 1. The third kappa shape index (κ3) is 4.02. The molecular weight excluding hydrogens is 408 g/mol. The van der Waals surface area contributed by atoms with Crippen molar-refractivity contribution >= 4 is 27.3 Å². The Morgan fingerprint density at radius 2 is 1.86 bits per heavy atom. The molecule has 8 heteroatoms. The first-order valence-electron chi connectivity index (χ1n) is 9.67. The Kier molecular flexibility index (Phi) is 5.36. The molecule has 0 bridgehead atoms. The molecule has 0 unspecified atom stereocenters. The van der Waals surface area contributed by atoms with E-state index in [4.69, 9.17) is 11.6 Å². The van der Waals surface area contributed by atoms with E-state index in [1.807, 2.05) is 19.1 Å². The molecule has 1 aliphatic rings. The summed E-state index contributed by atoms with van der Waals surface area (Å²) >= 11 is 6.45. The molecule has 29 heavy (non-hydrogen) atoms. The number of nitrogens with one attached hydrogen (secondary N) is 1. The van der Waals surface area contributed by atoms with E-state index in [2.05, 4.69) is 19.5 Å². The van der Waals surface area contributed by atoms with Gasteiger partial charge in [0.05, 0.1) is 9.92 Å². The lowest BCUT2D eigenvalue weighted by atomic mass is 10.2. The van der Waals surface area contributed by atoms with E-state index in [9.17, 15) is 8.42 Å². The standard InChI is InChI=1S/C21H23ClN4O2S/c1-14-7-8-15(2)19(12-14)29(27,28)25-16-9-10-18(22)17(13-16)21-24-23-20-6-4-3-5-11-26(20)21/h7-10,12-13,25H,3-6,11H2,1-2H3. The maximum absolute atomic E-state index is 13.0. The predicted molar refractivity (Wildman–Crippen MR) is 115 cm³/mol. The van der Waals surface area contributed by atoms with Gasteiger partial charge in [-0.3, -0.25) is 4.72 Å². The minimum Gasteiger partial charge on any atom is -0.311 e. The molecular formula is C21H23ClN4O2S. The summed E-state index contributed by atoms with van der Waals surface area (Å²) in [6.07, 6.45) is 4.21. The molecule has 0 atom stereocenters. The fraction of sp³-hybridized carbons (Fsp3) is 0.333. The highest BCUT2D eigenvalue weighted by Crippen LogP contribution is 2.32. The summed E-state index contributed by atoms with van der Waals surface area (Å²) in [5.74, 6) is 1.63. The lowest BCUT2D eigenvalue weighted by molar-refractivity contribution is 0.600. The summed E-state index contributed by atoms with van der Waals surface area (Å²) in [5.41, 5.74) is 2.70. The molecule has 3 aromatic rings. The van der Waals surface area contributed by atoms with E-state index < -0.39 is 10.0 Å². The molecule has 1 aromatic heterocycles. The molecule has 0 saturated carbocycles. The summed E-state index contributed by atoms with van der Waals surface area (Å²) < 4.78 is 30.7. The highest BCUT2D eigenvalue weighted by atomic mass is 35.5. The van der Waals surface area contributed by atoms with Crippen molar-refractivity contribution < 1.29 is 8.42 Å². The molecule has 0 saturated heterocycles. The molecule has 6 nitrogen and oxygen atoms in total. The van der Waals surface area contributed by atoms with Crippen molar-refractivity contribution in [2.45, 2.75) is 51.0 Å². The zero-order valence-corrected chi connectivity index (χ0v) is 18.0. The first-order valence-corrected chi connectivity index (χ1v) is 11.5. The van der Waals surface area contributed by atoms with Gasteiger partial charge in [-0.1, -0.05) is 30.2 Å². The van der Waals surface area contributed by atoms with Crippen LogP contribution in [0.4, 0.5) is 5.69 Å². The molecule has 152 valence electrons. The lowest BCUT2D eigenvalue weighted by Gasteiger charge is -2.13. The zero-order valence-electron chi connectivity index (χ0n) is 16.4. The van der Waals surface area contributed by atoms with Crippen LogP contribution in [0.15, 0.2) is 41.3 Å². The molecule has 1 N–H and O–H groups in total. The molecule has 0 amide bonds. The van der Waals surface area contributed by atoms with Gasteiger partial charge in [0.25, 0.3) is 10.0 Å². The van der Waals surface area contributed by atoms with Gasteiger partial charge in [0.2, 0.25) is 0 Å². The second-order valence-electron chi connectivity index (χ2n) is 7.47. The highest BCUT2D eigenvalue weighted by Gasteiger charge is 2.21. The van der Waals surface area contributed by atoms with Crippen LogP contribution < -0.4 is 4.72 Å². The molecule has 0 fully saturated rings. The third-order valence-corrected chi connectivity index (χ3v) is 7.06. The van der Waals surface area contributed by atoms with Crippen molar-refractivity contribution in [2.75, 3.05) is 4.72 Å². The van der Waals surface area contributed by atoms with Gasteiger partial charge in [0.1, 0.15) is 5.82 Å². The van der Waals surface area contributed by atoms with Crippen LogP contribution in [0, 0.1) is 13.8 Å². The smallest absolute Gasteiger partial charge is 0.262 e. The number of anilines is 1. The van der Waals surface area contributed by atoms with Gasteiger partial charge in [-0.05, 0) is 62.1 Å². The first kappa shape index (κ1) is 19.9. The summed E-state index contributed by atoms with van der Waals surface area (Å²) in [5, 5.41) is 9.18. The molecule has 2 heterocycles. The summed E-state index contributed by atoms with van der Waals surface area (Å²) in [6.45, 7) is 4.50. The van der Waals surface area contributed by atoms with E-state index in [1.54, 1.807) is 31.2 Å². The average molecular weight is 431 g/mol. The Morgan fingerprint density at radius 1 is 1.03 bits per heavy atom. The number of rotatable bonds is 4. The Hall–Kier alpha value is -2.38. The van der Waals surface area contributed by atoms with Gasteiger partial charge in [-0.25, -0.2) is 8.42 Å². The van der Waals surface area contributed by atoms with Crippen molar-refractivity contribution in [3.8, 4) is 11.4 Å². The van der Waals surface area contributed by atoms with Crippen LogP contribution in [0.5, 0.6) is 0 Å². The average Bonchev–Trinajstić information content (AvgIpc) is 2.92. The van der Waals surface area contributed by atoms with E-state index in [0.29, 0.717) is 27.7 Å². The van der Waals surface area contributed by atoms with Gasteiger partial charge in [-0.15, -0.1) is 10.2 Å². The number of halogens is 1. The number of benzene rings is 2. The minimum absolute atomic E-state index is 0.269. The molecule has 0 radical (unpaired) electrons. The second-order valence-corrected chi connectivity index (χ2v) is 9.53. The number of sulfonamides is 1. The van der Waals surface area contributed by atoms with Gasteiger partial charge in [0, 0.05) is 24.2 Å².